The molecule has 1 aromatic heterocycles. The summed E-state index contributed by atoms with van der Waals surface area (Å²) in [6.45, 7) is 3.79. The summed E-state index contributed by atoms with van der Waals surface area (Å²) in [4.78, 5) is 10.9. The number of fused-ring (bicyclic) bond motifs is 1. The molecule has 0 unspecified atom stereocenters. The van der Waals surface area contributed by atoms with E-state index in [0.717, 1.165) is 29.8 Å². The Labute approximate surface area is 112 Å². The highest BCUT2D eigenvalue weighted by Gasteiger charge is 2.12. The number of hydrazine groups is 1. The highest BCUT2D eigenvalue weighted by Crippen LogP contribution is 2.25. The van der Waals surface area contributed by atoms with Gasteiger partial charge in [0.2, 0.25) is 5.95 Å². The maximum atomic E-state index is 8.98. The fourth-order valence-electron chi connectivity index (χ4n) is 2.04. The van der Waals surface area contributed by atoms with Gasteiger partial charge in [-0.3, -0.25) is 5.43 Å². The Hall–Kier alpha value is -1.92. The van der Waals surface area contributed by atoms with Crippen LogP contribution in [0.25, 0.3) is 10.9 Å². The maximum Gasteiger partial charge on any atom is 0.239 e. The molecule has 6 heteroatoms. The molecule has 0 aliphatic rings. The molecule has 0 bridgehead atoms. The van der Waals surface area contributed by atoms with E-state index in [1.165, 1.54) is 0 Å². The van der Waals surface area contributed by atoms with Crippen molar-refractivity contribution in [3.05, 3.63) is 24.3 Å². The van der Waals surface area contributed by atoms with Gasteiger partial charge in [-0.2, -0.15) is 4.98 Å². The summed E-state index contributed by atoms with van der Waals surface area (Å²) in [7, 11) is 0. The van der Waals surface area contributed by atoms with Crippen LogP contribution in [0.3, 0.4) is 0 Å². The van der Waals surface area contributed by atoms with E-state index in [9.17, 15) is 0 Å². The Balaban J connectivity index is 2.49. The highest BCUT2D eigenvalue weighted by atomic mass is 16.3. The number of nitrogens with two attached hydrogens (primary N) is 1. The lowest BCUT2D eigenvalue weighted by Gasteiger charge is -2.23. The van der Waals surface area contributed by atoms with Crippen LogP contribution in [0.1, 0.15) is 13.3 Å². The monoisotopic (exact) mass is 261 g/mol. The first kappa shape index (κ1) is 13.5. The summed E-state index contributed by atoms with van der Waals surface area (Å²) in [6.07, 6.45) is 0.706. The fourth-order valence-corrected chi connectivity index (χ4v) is 2.04. The normalized spacial score (nSPS) is 10.7. The molecule has 0 saturated carbocycles. The molecule has 2 rings (SSSR count). The lowest BCUT2D eigenvalue weighted by Crippen LogP contribution is -2.26. The molecule has 0 saturated heterocycles. The van der Waals surface area contributed by atoms with Crippen molar-refractivity contribution in [3.63, 3.8) is 0 Å². The molecular weight excluding hydrogens is 242 g/mol. The number of rotatable bonds is 6. The van der Waals surface area contributed by atoms with E-state index in [4.69, 9.17) is 10.9 Å². The number of aliphatic hydroxyl groups excluding tert-OH is 1. The Bertz CT molecular complexity index is 546. The second-order valence-corrected chi connectivity index (χ2v) is 4.19. The second kappa shape index (κ2) is 6.31. The molecule has 102 valence electrons. The van der Waals surface area contributed by atoms with Gasteiger partial charge in [0.15, 0.2) is 0 Å². The zero-order valence-electron chi connectivity index (χ0n) is 11.0. The number of benzene rings is 1. The van der Waals surface area contributed by atoms with E-state index in [-0.39, 0.29) is 6.61 Å². The van der Waals surface area contributed by atoms with Crippen molar-refractivity contribution in [3.8, 4) is 0 Å². The van der Waals surface area contributed by atoms with Crippen molar-refractivity contribution in [2.45, 2.75) is 13.3 Å². The highest BCUT2D eigenvalue weighted by molar-refractivity contribution is 5.90. The number of aliphatic hydroxyl groups is 1. The van der Waals surface area contributed by atoms with Crippen LogP contribution < -0.4 is 16.2 Å². The van der Waals surface area contributed by atoms with E-state index in [0.29, 0.717) is 12.4 Å². The van der Waals surface area contributed by atoms with Gasteiger partial charge < -0.3 is 10.0 Å². The zero-order valence-corrected chi connectivity index (χ0v) is 11.0. The van der Waals surface area contributed by atoms with E-state index in [2.05, 4.69) is 27.2 Å². The average molecular weight is 261 g/mol. The molecule has 2 aromatic rings. The number of nitrogens with zero attached hydrogens (tertiary/aromatic N) is 3. The molecule has 0 aliphatic carbocycles. The first-order chi connectivity index (χ1) is 9.30. The number of anilines is 2. The Morgan fingerprint density at radius 2 is 2.11 bits per heavy atom. The third kappa shape index (κ3) is 2.91. The van der Waals surface area contributed by atoms with Crippen LogP contribution in [0.5, 0.6) is 0 Å². The molecule has 4 N–H and O–H groups in total. The molecule has 1 aromatic carbocycles. The summed E-state index contributed by atoms with van der Waals surface area (Å²) < 4.78 is 0. The number of aromatic nitrogens is 2. The second-order valence-electron chi connectivity index (χ2n) is 4.19. The van der Waals surface area contributed by atoms with Crippen LogP contribution in [-0.4, -0.2) is 34.8 Å². The molecular formula is C13H19N5O. The fraction of sp³-hybridized carbons (Fsp3) is 0.385. The molecule has 0 fully saturated rings. The van der Waals surface area contributed by atoms with Crippen LogP contribution in [0.15, 0.2) is 24.3 Å². The van der Waals surface area contributed by atoms with Crippen LogP contribution >= 0.6 is 0 Å². The van der Waals surface area contributed by atoms with Crippen molar-refractivity contribution >= 4 is 22.7 Å². The smallest absolute Gasteiger partial charge is 0.239 e. The lowest BCUT2D eigenvalue weighted by atomic mass is 10.2. The average Bonchev–Trinajstić information content (AvgIpc) is 2.47. The topological polar surface area (TPSA) is 87.3 Å². The van der Waals surface area contributed by atoms with Crippen LogP contribution in [0.2, 0.25) is 0 Å². The van der Waals surface area contributed by atoms with E-state index in [1.54, 1.807) is 0 Å². The van der Waals surface area contributed by atoms with Gasteiger partial charge >= 0.3 is 0 Å². The van der Waals surface area contributed by atoms with Crippen molar-refractivity contribution in [1.29, 1.82) is 0 Å². The summed E-state index contributed by atoms with van der Waals surface area (Å²) in [6, 6.07) is 7.82. The number of nitrogens with one attached hydrogen (secondary N) is 1. The van der Waals surface area contributed by atoms with E-state index >= 15 is 0 Å². The van der Waals surface area contributed by atoms with Gasteiger partial charge in [-0.05, 0) is 25.5 Å². The van der Waals surface area contributed by atoms with E-state index < -0.39 is 0 Å². The van der Waals surface area contributed by atoms with Gasteiger partial charge in [0.25, 0.3) is 0 Å². The summed E-state index contributed by atoms with van der Waals surface area (Å²) >= 11 is 0. The third-order valence-corrected chi connectivity index (χ3v) is 2.98. The molecule has 0 atom stereocenters. The van der Waals surface area contributed by atoms with Crippen molar-refractivity contribution in [2.24, 2.45) is 5.84 Å². The molecule has 19 heavy (non-hydrogen) atoms. The van der Waals surface area contributed by atoms with Gasteiger partial charge in [-0.15, -0.1) is 0 Å². The van der Waals surface area contributed by atoms with Gasteiger partial charge in [-0.25, -0.2) is 10.8 Å². The number of hydrogen-bond donors (Lipinski definition) is 3. The predicted molar refractivity (Wildman–Crippen MR) is 76.9 cm³/mol. The Morgan fingerprint density at radius 1 is 1.32 bits per heavy atom. The summed E-state index contributed by atoms with van der Waals surface area (Å²) in [5.74, 6) is 6.66. The minimum Gasteiger partial charge on any atom is -0.396 e. The first-order valence-electron chi connectivity index (χ1n) is 6.39. The van der Waals surface area contributed by atoms with E-state index in [1.807, 2.05) is 24.3 Å². The van der Waals surface area contributed by atoms with Crippen molar-refractivity contribution in [1.82, 2.24) is 9.97 Å². The lowest BCUT2D eigenvalue weighted by molar-refractivity contribution is 0.289. The standard InChI is InChI=1S/C13H19N5O/c1-2-18(8-5-9-19)12-10-6-3-4-7-11(10)15-13(16-12)17-14/h3-4,6-7,19H,2,5,8-9,14H2,1H3,(H,15,16,17). The largest absolute Gasteiger partial charge is 0.396 e. The molecule has 1 heterocycles. The molecule has 0 aliphatic heterocycles. The zero-order chi connectivity index (χ0) is 13.7. The van der Waals surface area contributed by atoms with Gasteiger partial charge in [0, 0.05) is 25.1 Å². The summed E-state index contributed by atoms with van der Waals surface area (Å²) in [5.41, 5.74) is 3.35. The van der Waals surface area contributed by atoms with Gasteiger partial charge in [-0.1, -0.05) is 12.1 Å². The summed E-state index contributed by atoms with van der Waals surface area (Å²) in [5, 5.41) is 9.97. The minimum atomic E-state index is 0.168. The number of hydrogen-bond acceptors (Lipinski definition) is 6. The molecule has 0 spiro atoms. The van der Waals surface area contributed by atoms with Crippen LogP contribution in [0, 0.1) is 0 Å². The quantitative estimate of drug-likeness (QED) is 0.533. The first-order valence-corrected chi connectivity index (χ1v) is 6.39. The predicted octanol–water partition coefficient (Wildman–Crippen LogP) is 1.12. The Morgan fingerprint density at radius 3 is 2.79 bits per heavy atom. The van der Waals surface area contributed by atoms with Crippen LogP contribution in [0.4, 0.5) is 11.8 Å². The molecule has 6 nitrogen and oxygen atoms in total. The van der Waals surface area contributed by atoms with Crippen LogP contribution in [-0.2, 0) is 0 Å². The van der Waals surface area contributed by atoms with Crippen molar-refractivity contribution in [2.75, 3.05) is 30.0 Å². The SMILES string of the molecule is CCN(CCCO)c1nc(NN)nc2ccccc12. The third-order valence-electron chi connectivity index (χ3n) is 2.98. The van der Waals surface area contributed by atoms with Gasteiger partial charge in [0.1, 0.15) is 5.82 Å². The van der Waals surface area contributed by atoms with Crippen molar-refractivity contribution < 1.29 is 5.11 Å². The molecule has 0 amide bonds. The minimum absolute atomic E-state index is 0.168. The number of para-hydroxylation sites is 1. The Kier molecular flexibility index (Phi) is 4.48. The number of nitrogen functional groups attached to an aromatic ring is 1. The molecule has 0 radical (unpaired) electrons. The maximum absolute atomic E-state index is 8.98. The van der Waals surface area contributed by atoms with Gasteiger partial charge in [0.05, 0.1) is 5.52 Å².